The molecule has 0 amide bonds. The summed E-state index contributed by atoms with van der Waals surface area (Å²) in [6.45, 7) is 0. The number of fused-ring (bicyclic) bond motifs is 1. The number of hydrogen-bond acceptors (Lipinski definition) is 2. The van der Waals surface area contributed by atoms with Gasteiger partial charge in [-0.1, -0.05) is 24.3 Å². The maximum Gasteiger partial charge on any atom is 0.168 e. The van der Waals surface area contributed by atoms with Gasteiger partial charge in [0.1, 0.15) is 5.69 Å². The van der Waals surface area contributed by atoms with E-state index in [0.717, 1.165) is 17.2 Å². The molecular weight excluding hydrogens is 166 g/mol. The van der Waals surface area contributed by atoms with E-state index in [4.69, 9.17) is 0 Å². The molecule has 0 bridgehead atoms. The van der Waals surface area contributed by atoms with E-state index in [1.54, 1.807) is 6.07 Å². The Bertz CT molecular complexity index is 426. The quantitative estimate of drug-likeness (QED) is 0.612. The molecule has 0 aliphatic rings. The van der Waals surface area contributed by atoms with Crippen molar-refractivity contribution in [2.24, 2.45) is 0 Å². The molecule has 0 radical (unpaired) electrons. The van der Waals surface area contributed by atoms with E-state index >= 15 is 0 Å². The normalized spacial score (nSPS) is 9.23. The number of rotatable bonds is 1. The lowest BCUT2D eigenvalue weighted by Gasteiger charge is -1.95. The topological polar surface area (TPSA) is 61.5 Å². The number of nitrogens with zero attached hydrogens (tertiary/aromatic N) is 1. The van der Waals surface area contributed by atoms with E-state index in [2.05, 4.69) is 4.98 Å². The minimum atomic E-state index is 0. The summed E-state index contributed by atoms with van der Waals surface area (Å²) >= 11 is 0. The highest BCUT2D eigenvalue weighted by atomic mass is 16.1. The largest absolute Gasteiger partial charge is 0.412 e. The molecule has 2 aromatic rings. The minimum Gasteiger partial charge on any atom is -0.412 e. The van der Waals surface area contributed by atoms with Gasteiger partial charge in [-0.25, -0.2) is 4.98 Å². The summed E-state index contributed by atoms with van der Waals surface area (Å²) in [6, 6.07) is 11.3. The van der Waals surface area contributed by atoms with Crippen molar-refractivity contribution in [3.05, 3.63) is 42.1 Å². The number of aromatic nitrogens is 1. The summed E-state index contributed by atoms with van der Waals surface area (Å²) in [6.07, 6.45) is 0.756. The van der Waals surface area contributed by atoms with E-state index in [9.17, 15) is 4.79 Å². The van der Waals surface area contributed by atoms with Crippen molar-refractivity contribution in [3.63, 3.8) is 0 Å². The third-order valence-electron chi connectivity index (χ3n) is 1.74. The second-order valence-corrected chi connectivity index (χ2v) is 2.55. The van der Waals surface area contributed by atoms with Gasteiger partial charge in [0.2, 0.25) is 0 Å². The zero-order valence-corrected chi connectivity index (χ0v) is 6.90. The second kappa shape index (κ2) is 3.78. The van der Waals surface area contributed by atoms with E-state index in [1.165, 1.54) is 0 Å². The van der Waals surface area contributed by atoms with Gasteiger partial charge in [0, 0.05) is 5.39 Å². The summed E-state index contributed by atoms with van der Waals surface area (Å²) in [5.41, 5.74) is 1.34. The molecule has 66 valence electrons. The van der Waals surface area contributed by atoms with Crippen molar-refractivity contribution in [2.75, 3.05) is 0 Å². The molecule has 1 aromatic heterocycles. The van der Waals surface area contributed by atoms with Crippen LogP contribution in [0, 0.1) is 0 Å². The van der Waals surface area contributed by atoms with Crippen LogP contribution in [-0.2, 0) is 0 Å². The van der Waals surface area contributed by atoms with E-state index in [1.807, 2.05) is 30.3 Å². The average Bonchev–Trinajstić information content (AvgIpc) is 2.17. The molecule has 0 unspecified atom stereocenters. The van der Waals surface area contributed by atoms with Crippen LogP contribution in [-0.4, -0.2) is 16.7 Å². The zero-order valence-electron chi connectivity index (χ0n) is 6.90. The maximum absolute atomic E-state index is 10.4. The van der Waals surface area contributed by atoms with Gasteiger partial charge in [-0.2, -0.15) is 0 Å². The highest BCUT2D eigenvalue weighted by Crippen LogP contribution is 2.10. The van der Waals surface area contributed by atoms with Crippen LogP contribution in [0.3, 0.4) is 0 Å². The highest BCUT2D eigenvalue weighted by Gasteiger charge is 1.94. The zero-order chi connectivity index (χ0) is 8.39. The molecule has 3 nitrogen and oxygen atoms in total. The van der Waals surface area contributed by atoms with Crippen molar-refractivity contribution < 1.29 is 10.3 Å². The van der Waals surface area contributed by atoms with Crippen molar-refractivity contribution in [2.45, 2.75) is 0 Å². The number of aldehydes is 1. The molecule has 0 spiro atoms. The lowest BCUT2D eigenvalue weighted by atomic mass is 10.2. The van der Waals surface area contributed by atoms with Gasteiger partial charge in [-0.15, -0.1) is 0 Å². The molecule has 2 rings (SSSR count). The van der Waals surface area contributed by atoms with Gasteiger partial charge in [0.25, 0.3) is 0 Å². The minimum absolute atomic E-state index is 0. The first-order valence-corrected chi connectivity index (χ1v) is 3.71. The summed E-state index contributed by atoms with van der Waals surface area (Å²) in [4.78, 5) is 14.5. The Kier molecular flexibility index (Phi) is 2.72. The van der Waals surface area contributed by atoms with E-state index in [0.29, 0.717) is 5.69 Å². The van der Waals surface area contributed by atoms with Gasteiger partial charge in [0.15, 0.2) is 6.29 Å². The molecule has 1 aromatic carbocycles. The van der Waals surface area contributed by atoms with Crippen molar-refractivity contribution in [1.29, 1.82) is 0 Å². The van der Waals surface area contributed by atoms with Gasteiger partial charge in [0.05, 0.1) is 5.52 Å². The molecule has 0 fully saturated rings. The van der Waals surface area contributed by atoms with Crippen LogP contribution in [0.4, 0.5) is 0 Å². The Morgan fingerprint density at radius 3 is 2.62 bits per heavy atom. The van der Waals surface area contributed by atoms with Crippen LogP contribution in [0.2, 0.25) is 0 Å². The van der Waals surface area contributed by atoms with Crippen molar-refractivity contribution in [3.8, 4) is 0 Å². The van der Waals surface area contributed by atoms with Gasteiger partial charge in [-0.05, 0) is 12.1 Å². The number of pyridine rings is 1. The summed E-state index contributed by atoms with van der Waals surface area (Å²) < 4.78 is 0. The third kappa shape index (κ3) is 1.71. The van der Waals surface area contributed by atoms with Gasteiger partial charge in [-0.3, -0.25) is 4.79 Å². The second-order valence-electron chi connectivity index (χ2n) is 2.55. The third-order valence-corrected chi connectivity index (χ3v) is 1.74. The van der Waals surface area contributed by atoms with Crippen molar-refractivity contribution in [1.82, 2.24) is 4.98 Å². The maximum atomic E-state index is 10.4. The number of carbonyl (C=O) groups excluding carboxylic acids is 1. The molecular formula is C10H9NO2. The fourth-order valence-corrected chi connectivity index (χ4v) is 1.15. The van der Waals surface area contributed by atoms with E-state index in [-0.39, 0.29) is 5.48 Å². The monoisotopic (exact) mass is 175 g/mol. The SMILES string of the molecule is O.O=Cc1ccc2ccccc2n1. The molecule has 0 aliphatic carbocycles. The Hall–Kier alpha value is -1.74. The number of hydrogen-bond donors (Lipinski definition) is 0. The number of para-hydroxylation sites is 1. The fraction of sp³-hybridized carbons (Fsp3) is 0. The Balaban J connectivity index is 0.000000845. The average molecular weight is 175 g/mol. The molecule has 3 heteroatoms. The Labute approximate surface area is 75.3 Å². The van der Waals surface area contributed by atoms with Crippen LogP contribution >= 0.6 is 0 Å². The first-order chi connectivity index (χ1) is 5.90. The predicted octanol–water partition coefficient (Wildman–Crippen LogP) is 1.22. The summed E-state index contributed by atoms with van der Waals surface area (Å²) in [7, 11) is 0. The van der Waals surface area contributed by atoms with Crippen LogP contribution in [0.15, 0.2) is 36.4 Å². The highest BCUT2D eigenvalue weighted by molar-refractivity contribution is 5.83. The standard InChI is InChI=1S/C10H7NO.H2O/c12-7-9-6-5-8-3-1-2-4-10(8)11-9;/h1-7H;1H2. The van der Waals surface area contributed by atoms with Crippen LogP contribution in [0.5, 0.6) is 0 Å². The molecule has 0 saturated carbocycles. The molecule has 2 N–H and O–H groups in total. The van der Waals surface area contributed by atoms with Gasteiger partial charge < -0.3 is 5.48 Å². The molecule has 0 atom stereocenters. The number of benzene rings is 1. The van der Waals surface area contributed by atoms with Crippen LogP contribution in [0.1, 0.15) is 10.5 Å². The Morgan fingerprint density at radius 1 is 1.08 bits per heavy atom. The van der Waals surface area contributed by atoms with Gasteiger partial charge >= 0.3 is 0 Å². The first kappa shape index (κ1) is 9.35. The first-order valence-electron chi connectivity index (χ1n) is 3.71. The lowest BCUT2D eigenvalue weighted by molar-refractivity contribution is 0.111. The summed E-state index contributed by atoms with van der Waals surface area (Å²) in [5, 5.41) is 1.06. The van der Waals surface area contributed by atoms with Crippen LogP contribution in [0.25, 0.3) is 10.9 Å². The predicted molar refractivity (Wildman–Crippen MR) is 50.7 cm³/mol. The van der Waals surface area contributed by atoms with E-state index < -0.39 is 0 Å². The molecule has 1 heterocycles. The van der Waals surface area contributed by atoms with Crippen LogP contribution < -0.4 is 0 Å². The fourth-order valence-electron chi connectivity index (χ4n) is 1.15. The smallest absolute Gasteiger partial charge is 0.168 e. The molecule has 0 aliphatic heterocycles. The van der Waals surface area contributed by atoms with Crippen molar-refractivity contribution >= 4 is 17.2 Å². The lowest BCUT2D eigenvalue weighted by Crippen LogP contribution is -1.85. The summed E-state index contributed by atoms with van der Waals surface area (Å²) in [5.74, 6) is 0. The number of carbonyl (C=O) groups is 1. The Morgan fingerprint density at radius 2 is 1.85 bits per heavy atom. The molecule has 0 saturated heterocycles. The molecule has 13 heavy (non-hydrogen) atoms.